The molecule has 0 fully saturated rings. The van der Waals surface area contributed by atoms with E-state index in [4.69, 9.17) is 17.3 Å². The summed E-state index contributed by atoms with van der Waals surface area (Å²) in [5.74, 6) is -2.32. The monoisotopic (exact) mass is 528 g/mol. The third-order valence-corrected chi connectivity index (χ3v) is 5.97. The van der Waals surface area contributed by atoms with Crippen LogP contribution in [0.4, 0.5) is 36.8 Å². The minimum atomic E-state index is -5.28. The highest BCUT2D eigenvalue weighted by Gasteiger charge is 2.65. The van der Waals surface area contributed by atoms with Crippen molar-refractivity contribution >= 4 is 28.9 Å². The van der Waals surface area contributed by atoms with Crippen LogP contribution in [-0.2, 0) is 6.18 Å². The molecule has 0 bridgehead atoms. The van der Waals surface area contributed by atoms with E-state index >= 15 is 13.2 Å². The number of carbonyl (C=O) groups is 1. The molecule has 7 nitrogen and oxygen atoms in total. The van der Waals surface area contributed by atoms with Gasteiger partial charge in [-0.2, -0.15) is 31.6 Å². The van der Waals surface area contributed by atoms with Crippen molar-refractivity contribution in [2.45, 2.75) is 23.8 Å². The van der Waals surface area contributed by atoms with Gasteiger partial charge < -0.3 is 5.73 Å². The Labute approximate surface area is 204 Å². The van der Waals surface area contributed by atoms with Crippen molar-refractivity contribution in [3.63, 3.8) is 0 Å². The molecule has 2 atom stereocenters. The third kappa shape index (κ3) is 4.30. The Morgan fingerprint density at radius 1 is 1.08 bits per heavy atom. The number of H-pyrrole nitrogens is 1. The van der Waals surface area contributed by atoms with Crippen LogP contribution in [0.1, 0.15) is 22.9 Å². The van der Waals surface area contributed by atoms with Crippen LogP contribution < -0.4 is 10.6 Å². The lowest BCUT2D eigenvalue weighted by Gasteiger charge is -2.46. The summed E-state index contributed by atoms with van der Waals surface area (Å²) < 4.78 is 85.6. The summed E-state index contributed by atoms with van der Waals surface area (Å²) in [7, 11) is 0. The molecule has 2 aromatic carbocycles. The summed E-state index contributed by atoms with van der Waals surface area (Å²) in [6, 6.07) is 8.57. The average Bonchev–Trinajstić information content (AvgIpc) is 3.34. The molecular weight excluding hydrogens is 514 g/mol. The van der Waals surface area contributed by atoms with Gasteiger partial charge in [0.1, 0.15) is 0 Å². The number of aromatic amines is 1. The van der Waals surface area contributed by atoms with Crippen LogP contribution in [-0.4, -0.2) is 38.4 Å². The smallest absolute Gasteiger partial charge is 0.351 e. The number of hydrogen-bond acceptors (Lipinski definition) is 4. The lowest BCUT2D eigenvalue weighted by molar-refractivity contribution is -0.174. The largest absolute Gasteiger partial charge is 0.417 e. The van der Waals surface area contributed by atoms with E-state index in [2.05, 4.69) is 20.6 Å². The van der Waals surface area contributed by atoms with E-state index in [1.165, 1.54) is 0 Å². The van der Waals surface area contributed by atoms with Gasteiger partial charge in [-0.1, -0.05) is 59.3 Å². The summed E-state index contributed by atoms with van der Waals surface area (Å²) >= 11 is 5.64. The van der Waals surface area contributed by atoms with Crippen LogP contribution in [0.2, 0.25) is 5.02 Å². The van der Waals surface area contributed by atoms with Crippen molar-refractivity contribution in [2.24, 2.45) is 5.73 Å². The van der Waals surface area contributed by atoms with Gasteiger partial charge in [0.05, 0.1) is 16.5 Å². The number of carbonyl (C=O) groups excluding carboxylic acids is 1. The lowest BCUT2D eigenvalue weighted by Crippen LogP contribution is -2.65. The van der Waals surface area contributed by atoms with Crippen molar-refractivity contribution < 1.29 is 31.1 Å². The minimum Gasteiger partial charge on any atom is -0.351 e. The standard InChI is InChI=1S/C22H15ClF6N6O/c23-17-7-6-14(11-15(17)21(24,25)26)35(19(30)36)20(22(27,28)29)9-8-13(12-4-2-1-3-5-12)10-16(20)18-31-33-34-32-18/h1-11,16H,(H2,30,36)(H,31,32,33,34). The zero-order chi connectivity index (χ0) is 26.3. The van der Waals surface area contributed by atoms with E-state index < -0.39 is 51.9 Å². The molecule has 0 saturated carbocycles. The number of amides is 2. The highest BCUT2D eigenvalue weighted by Crippen LogP contribution is 2.52. The number of benzene rings is 2. The molecule has 1 aliphatic rings. The number of nitrogens with one attached hydrogen (secondary N) is 1. The van der Waals surface area contributed by atoms with E-state index in [0.717, 1.165) is 24.3 Å². The van der Waals surface area contributed by atoms with Gasteiger partial charge in [-0.25, -0.2) is 4.79 Å². The topological polar surface area (TPSA) is 101 Å². The second kappa shape index (κ2) is 8.97. The number of primary amides is 1. The van der Waals surface area contributed by atoms with Gasteiger partial charge in [0, 0.05) is 5.69 Å². The van der Waals surface area contributed by atoms with Crippen LogP contribution in [0.3, 0.4) is 0 Å². The molecule has 1 heterocycles. The van der Waals surface area contributed by atoms with Crippen LogP contribution in [0, 0.1) is 0 Å². The Bertz CT molecular complexity index is 1320. The van der Waals surface area contributed by atoms with Gasteiger partial charge in [0.15, 0.2) is 11.4 Å². The maximum atomic E-state index is 15.0. The van der Waals surface area contributed by atoms with Gasteiger partial charge in [0.2, 0.25) is 0 Å². The highest BCUT2D eigenvalue weighted by atomic mass is 35.5. The second-order valence-electron chi connectivity index (χ2n) is 7.73. The number of halogens is 7. The third-order valence-electron chi connectivity index (χ3n) is 5.64. The number of nitrogens with two attached hydrogens (primary N) is 1. The quantitative estimate of drug-likeness (QED) is 0.437. The highest BCUT2D eigenvalue weighted by molar-refractivity contribution is 6.31. The number of urea groups is 1. The van der Waals surface area contributed by atoms with Crippen LogP contribution in [0.5, 0.6) is 0 Å². The Hall–Kier alpha value is -3.87. The van der Waals surface area contributed by atoms with Crippen LogP contribution in [0.15, 0.2) is 66.8 Å². The molecule has 3 aromatic rings. The van der Waals surface area contributed by atoms with E-state index in [9.17, 15) is 18.0 Å². The molecule has 36 heavy (non-hydrogen) atoms. The Balaban J connectivity index is 2.00. The zero-order valence-corrected chi connectivity index (χ0v) is 18.6. The molecule has 4 rings (SSSR count). The first-order valence-electron chi connectivity index (χ1n) is 10.1. The molecule has 3 N–H and O–H groups in total. The SMILES string of the molecule is NC(=O)N(c1ccc(Cl)c(C(F)(F)F)c1)C1(C(F)(F)F)C=CC(c2ccccc2)=CC1c1nn[nH]n1. The summed E-state index contributed by atoms with van der Waals surface area (Å²) in [5, 5.41) is 12.0. The summed E-state index contributed by atoms with van der Waals surface area (Å²) in [4.78, 5) is 12.6. The number of hydrogen-bond donors (Lipinski definition) is 2. The second-order valence-corrected chi connectivity index (χ2v) is 8.13. The predicted molar refractivity (Wildman–Crippen MR) is 118 cm³/mol. The fourth-order valence-corrected chi connectivity index (χ4v) is 4.31. The molecule has 0 aliphatic heterocycles. The number of allylic oxidation sites excluding steroid dienone is 2. The number of nitrogens with zero attached hydrogens (tertiary/aromatic N) is 4. The molecule has 0 radical (unpaired) electrons. The molecular formula is C22H15ClF6N6O. The van der Waals surface area contributed by atoms with Gasteiger partial charge in [0.25, 0.3) is 0 Å². The summed E-state index contributed by atoms with van der Waals surface area (Å²) in [6.45, 7) is 0. The Morgan fingerprint density at radius 2 is 1.78 bits per heavy atom. The molecule has 2 amide bonds. The fraction of sp³-hybridized carbons (Fsp3) is 0.182. The first-order chi connectivity index (χ1) is 16.9. The van der Waals surface area contributed by atoms with Gasteiger partial charge in [-0.3, -0.25) is 4.90 Å². The average molecular weight is 529 g/mol. The Kier molecular flexibility index (Phi) is 6.29. The summed E-state index contributed by atoms with van der Waals surface area (Å²) in [5.41, 5.74) is 0.701. The minimum absolute atomic E-state index is 0.0361. The van der Waals surface area contributed by atoms with E-state index in [1.807, 2.05) is 0 Å². The number of alkyl halides is 6. The summed E-state index contributed by atoms with van der Waals surface area (Å²) in [6.07, 6.45) is -7.37. The molecule has 0 spiro atoms. The predicted octanol–water partition coefficient (Wildman–Crippen LogP) is 5.50. The van der Waals surface area contributed by atoms with Crippen LogP contribution >= 0.6 is 11.6 Å². The molecule has 0 saturated heterocycles. The van der Waals surface area contributed by atoms with Crippen molar-refractivity contribution in [3.8, 4) is 0 Å². The van der Waals surface area contributed by atoms with Crippen molar-refractivity contribution in [3.05, 3.63) is 88.7 Å². The molecule has 14 heteroatoms. The van der Waals surface area contributed by atoms with E-state index in [-0.39, 0.29) is 4.90 Å². The Morgan fingerprint density at radius 3 is 2.33 bits per heavy atom. The van der Waals surface area contributed by atoms with Gasteiger partial charge >= 0.3 is 18.4 Å². The van der Waals surface area contributed by atoms with E-state index in [1.54, 1.807) is 30.3 Å². The number of tetrazole rings is 1. The molecule has 2 unspecified atom stereocenters. The first kappa shape index (κ1) is 25.2. The maximum Gasteiger partial charge on any atom is 0.417 e. The zero-order valence-electron chi connectivity index (χ0n) is 17.8. The molecule has 188 valence electrons. The molecule has 1 aromatic heterocycles. The van der Waals surface area contributed by atoms with Crippen molar-refractivity contribution in [1.82, 2.24) is 20.6 Å². The van der Waals surface area contributed by atoms with Gasteiger partial charge in [-0.15, -0.1) is 10.2 Å². The van der Waals surface area contributed by atoms with E-state index in [0.29, 0.717) is 23.3 Å². The fourth-order valence-electron chi connectivity index (χ4n) is 4.08. The van der Waals surface area contributed by atoms with Crippen molar-refractivity contribution in [2.75, 3.05) is 4.90 Å². The molecule has 1 aliphatic carbocycles. The number of anilines is 1. The number of aromatic nitrogens is 4. The lowest BCUT2D eigenvalue weighted by atomic mass is 9.74. The number of rotatable bonds is 4. The van der Waals surface area contributed by atoms with Crippen LogP contribution in [0.25, 0.3) is 5.57 Å². The van der Waals surface area contributed by atoms with Gasteiger partial charge in [-0.05, 0) is 35.4 Å². The van der Waals surface area contributed by atoms with Crippen molar-refractivity contribution in [1.29, 1.82) is 0 Å². The normalized spacial score (nSPS) is 20.2. The first-order valence-corrected chi connectivity index (χ1v) is 10.5. The maximum absolute atomic E-state index is 15.0.